The van der Waals surface area contributed by atoms with E-state index in [-0.39, 0.29) is 11.9 Å². The number of rotatable bonds is 5. The van der Waals surface area contributed by atoms with Gasteiger partial charge in [0.05, 0.1) is 6.04 Å². The second kappa shape index (κ2) is 6.48. The number of anilines is 1. The zero-order valence-corrected chi connectivity index (χ0v) is 11.9. The molecule has 0 bridgehead atoms. The molecule has 0 radical (unpaired) electrons. The minimum Gasteiger partial charge on any atom is -0.383 e. The van der Waals surface area contributed by atoms with E-state index in [0.717, 1.165) is 29.7 Å². The Morgan fingerprint density at radius 2 is 2.15 bits per heavy atom. The van der Waals surface area contributed by atoms with Crippen LogP contribution < -0.4 is 11.1 Å². The smallest absolute Gasteiger partial charge is 0.128 e. The molecule has 1 unspecified atom stereocenters. The van der Waals surface area contributed by atoms with Crippen molar-refractivity contribution in [2.24, 2.45) is 0 Å². The summed E-state index contributed by atoms with van der Waals surface area (Å²) in [6, 6.07) is 8.68. The fourth-order valence-corrected chi connectivity index (χ4v) is 2.30. The molecule has 3 N–H and O–H groups in total. The molecule has 4 heteroatoms. The van der Waals surface area contributed by atoms with Crippen molar-refractivity contribution in [3.63, 3.8) is 0 Å². The first-order valence-corrected chi connectivity index (χ1v) is 6.82. The van der Waals surface area contributed by atoms with Gasteiger partial charge in [0, 0.05) is 11.8 Å². The molecule has 0 fully saturated rings. The van der Waals surface area contributed by atoms with Crippen LogP contribution in [-0.2, 0) is 0 Å². The molecule has 0 amide bonds. The average Bonchev–Trinajstić information content (AvgIpc) is 2.40. The Bertz CT molecular complexity index is 563. The van der Waals surface area contributed by atoms with Gasteiger partial charge in [-0.2, -0.15) is 0 Å². The van der Waals surface area contributed by atoms with Crippen molar-refractivity contribution >= 4 is 5.82 Å². The number of nitrogens with one attached hydrogen (secondary N) is 1. The van der Waals surface area contributed by atoms with Crippen LogP contribution in [0, 0.1) is 12.7 Å². The van der Waals surface area contributed by atoms with Gasteiger partial charge < -0.3 is 11.1 Å². The highest BCUT2D eigenvalue weighted by Gasteiger charge is 2.17. The maximum atomic E-state index is 13.7. The molecule has 2 aromatic rings. The van der Waals surface area contributed by atoms with Crippen molar-refractivity contribution < 1.29 is 4.39 Å². The van der Waals surface area contributed by atoms with Crippen LogP contribution in [0.25, 0.3) is 0 Å². The van der Waals surface area contributed by atoms with Gasteiger partial charge in [-0.3, -0.25) is 0 Å². The minimum absolute atomic E-state index is 0.141. The summed E-state index contributed by atoms with van der Waals surface area (Å²) in [5.74, 6) is 0.244. The van der Waals surface area contributed by atoms with Crippen molar-refractivity contribution in [1.29, 1.82) is 0 Å². The highest BCUT2D eigenvalue weighted by molar-refractivity contribution is 5.46. The zero-order valence-electron chi connectivity index (χ0n) is 11.9. The van der Waals surface area contributed by atoms with Gasteiger partial charge in [0.1, 0.15) is 11.6 Å². The molecule has 2 rings (SSSR count). The SMILES string of the molecule is CCCNC(c1cc(C)cc(F)c1)c1cccnc1N. The molecular formula is C16H20FN3. The summed E-state index contributed by atoms with van der Waals surface area (Å²) in [6.07, 6.45) is 2.65. The summed E-state index contributed by atoms with van der Waals surface area (Å²) in [6.45, 7) is 4.80. The summed E-state index contributed by atoms with van der Waals surface area (Å²) in [5.41, 5.74) is 8.61. The molecule has 0 spiro atoms. The average molecular weight is 273 g/mol. The maximum Gasteiger partial charge on any atom is 0.128 e. The first-order chi connectivity index (χ1) is 9.61. The second-order valence-corrected chi connectivity index (χ2v) is 4.93. The largest absolute Gasteiger partial charge is 0.383 e. The molecule has 0 aliphatic carbocycles. The Kier molecular flexibility index (Phi) is 4.69. The van der Waals surface area contributed by atoms with Gasteiger partial charge in [-0.1, -0.05) is 19.1 Å². The third kappa shape index (κ3) is 3.33. The van der Waals surface area contributed by atoms with Gasteiger partial charge in [-0.05, 0) is 49.2 Å². The first kappa shape index (κ1) is 14.5. The summed E-state index contributed by atoms with van der Waals surface area (Å²) in [5, 5.41) is 3.41. The number of nitrogens with two attached hydrogens (primary N) is 1. The fourth-order valence-electron chi connectivity index (χ4n) is 2.30. The monoisotopic (exact) mass is 273 g/mol. The Hall–Kier alpha value is -1.94. The van der Waals surface area contributed by atoms with Gasteiger partial charge in [0.25, 0.3) is 0 Å². The van der Waals surface area contributed by atoms with Gasteiger partial charge in [-0.15, -0.1) is 0 Å². The van der Waals surface area contributed by atoms with Crippen LogP contribution in [0.5, 0.6) is 0 Å². The molecule has 1 aromatic heterocycles. The fraction of sp³-hybridized carbons (Fsp3) is 0.312. The molecule has 20 heavy (non-hydrogen) atoms. The van der Waals surface area contributed by atoms with Gasteiger partial charge in [0.15, 0.2) is 0 Å². The first-order valence-electron chi connectivity index (χ1n) is 6.82. The van der Waals surface area contributed by atoms with Crippen molar-refractivity contribution in [1.82, 2.24) is 10.3 Å². The Balaban J connectivity index is 2.44. The number of nitrogens with zero attached hydrogens (tertiary/aromatic N) is 1. The summed E-state index contributed by atoms with van der Waals surface area (Å²) in [7, 11) is 0. The molecule has 0 aliphatic heterocycles. The van der Waals surface area contributed by atoms with E-state index >= 15 is 0 Å². The predicted octanol–water partition coefficient (Wildman–Crippen LogP) is 3.20. The third-order valence-electron chi connectivity index (χ3n) is 3.18. The lowest BCUT2D eigenvalue weighted by molar-refractivity contribution is 0.584. The van der Waals surface area contributed by atoms with E-state index < -0.39 is 0 Å². The molecule has 1 atom stereocenters. The number of benzene rings is 1. The van der Waals surface area contributed by atoms with Crippen LogP contribution in [0.4, 0.5) is 10.2 Å². The van der Waals surface area contributed by atoms with E-state index in [1.165, 1.54) is 6.07 Å². The Morgan fingerprint density at radius 3 is 2.80 bits per heavy atom. The van der Waals surface area contributed by atoms with E-state index in [1.807, 2.05) is 25.1 Å². The highest BCUT2D eigenvalue weighted by atomic mass is 19.1. The molecule has 3 nitrogen and oxygen atoms in total. The molecule has 0 saturated carbocycles. The third-order valence-corrected chi connectivity index (χ3v) is 3.18. The number of aryl methyl sites for hydroxylation is 1. The van der Waals surface area contributed by atoms with E-state index in [1.54, 1.807) is 12.3 Å². The lowest BCUT2D eigenvalue weighted by Gasteiger charge is -2.21. The van der Waals surface area contributed by atoms with Crippen LogP contribution >= 0.6 is 0 Å². The number of pyridine rings is 1. The lowest BCUT2D eigenvalue weighted by Crippen LogP contribution is -2.24. The van der Waals surface area contributed by atoms with Crippen LogP contribution in [0.2, 0.25) is 0 Å². The number of halogens is 1. The summed E-state index contributed by atoms with van der Waals surface area (Å²) < 4.78 is 13.7. The van der Waals surface area contributed by atoms with Crippen LogP contribution in [0.1, 0.15) is 36.1 Å². The van der Waals surface area contributed by atoms with Crippen molar-refractivity contribution in [3.8, 4) is 0 Å². The van der Waals surface area contributed by atoms with E-state index in [9.17, 15) is 4.39 Å². The van der Waals surface area contributed by atoms with Crippen LogP contribution in [-0.4, -0.2) is 11.5 Å². The number of aromatic nitrogens is 1. The van der Waals surface area contributed by atoms with Crippen molar-refractivity contribution in [3.05, 3.63) is 59.0 Å². The van der Waals surface area contributed by atoms with Gasteiger partial charge in [0.2, 0.25) is 0 Å². The van der Waals surface area contributed by atoms with Gasteiger partial charge in [-0.25, -0.2) is 9.37 Å². The normalized spacial score (nSPS) is 12.3. The molecule has 1 aromatic carbocycles. The van der Waals surface area contributed by atoms with E-state index in [2.05, 4.69) is 17.2 Å². The number of nitrogen functional groups attached to an aromatic ring is 1. The molecule has 0 aliphatic rings. The minimum atomic E-state index is -0.231. The standard InChI is InChI=1S/C16H20FN3/c1-3-6-19-15(14-5-4-7-20-16(14)18)12-8-11(2)9-13(17)10-12/h4-5,7-10,15,19H,3,6H2,1-2H3,(H2,18,20). The van der Waals surface area contributed by atoms with E-state index in [0.29, 0.717) is 5.82 Å². The lowest BCUT2D eigenvalue weighted by atomic mass is 9.97. The quantitative estimate of drug-likeness (QED) is 0.879. The number of hydrogen-bond acceptors (Lipinski definition) is 3. The summed E-state index contributed by atoms with van der Waals surface area (Å²) in [4.78, 5) is 4.12. The number of hydrogen-bond donors (Lipinski definition) is 2. The Morgan fingerprint density at radius 1 is 1.35 bits per heavy atom. The highest BCUT2D eigenvalue weighted by Crippen LogP contribution is 2.26. The second-order valence-electron chi connectivity index (χ2n) is 4.93. The zero-order chi connectivity index (χ0) is 14.5. The Labute approximate surface area is 119 Å². The molecular weight excluding hydrogens is 253 g/mol. The van der Waals surface area contributed by atoms with Crippen LogP contribution in [0.3, 0.4) is 0 Å². The van der Waals surface area contributed by atoms with Crippen LogP contribution in [0.15, 0.2) is 36.5 Å². The van der Waals surface area contributed by atoms with Crippen molar-refractivity contribution in [2.75, 3.05) is 12.3 Å². The maximum absolute atomic E-state index is 13.7. The molecule has 1 heterocycles. The molecule has 106 valence electrons. The van der Waals surface area contributed by atoms with E-state index in [4.69, 9.17) is 5.73 Å². The predicted molar refractivity (Wildman–Crippen MR) is 79.9 cm³/mol. The van der Waals surface area contributed by atoms with Gasteiger partial charge >= 0.3 is 0 Å². The van der Waals surface area contributed by atoms with Crippen molar-refractivity contribution in [2.45, 2.75) is 26.3 Å². The summed E-state index contributed by atoms with van der Waals surface area (Å²) >= 11 is 0. The molecule has 0 saturated heterocycles. The topological polar surface area (TPSA) is 50.9 Å².